The number of nitrogens with zero attached hydrogens (tertiary/aromatic N) is 1. The van der Waals surface area contributed by atoms with E-state index < -0.39 is 28.3 Å². The third-order valence-electron chi connectivity index (χ3n) is 4.47. The van der Waals surface area contributed by atoms with Crippen molar-refractivity contribution in [3.63, 3.8) is 0 Å². The average Bonchev–Trinajstić information content (AvgIpc) is 3.27. The van der Waals surface area contributed by atoms with Crippen LogP contribution in [-0.2, 0) is 0 Å². The number of halogens is 3. The van der Waals surface area contributed by atoms with E-state index in [9.17, 15) is 22.8 Å². The van der Waals surface area contributed by atoms with Gasteiger partial charge in [-0.15, -0.1) is 0 Å². The molecular weight excluding hydrogens is 405 g/mol. The standard InChI is InChI=1S/C19H9F3N4O2S/c20-7-1-2-14-12(3-7)25-19(29-14)26-16-15(17(27)18(16)28)24-13-6-23-11-5-10(22)9(21)4-8(11)13/h1-6,23-24H,(H,25,26). The van der Waals surface area contributed by atoms with Crippen molar-refractivity contribution in [2.24, 2.45) is 0 Å². The molecule has 0 aliphatic heterocycles. The van der Waals surface area contributed by atoms with Gasteiger partial charge in [-0.1, -0.05) is 11.3 Å². The normalized spacial score (nSPS) is 11.6. The van der Waals surface area contributed by atoms with E-state index in [1.165, 1.54) is 29.7 Å². The number of thiazole rings is 1. The van der Waals surface area contributed by atoms with E-state index in [1.807, 2.05) is 0 Å². The van der Waals surface area contributed by atoms with Crippen LogP contribution in [0.3, 0.4) is 0 Å². The summed E-state index contributed by atoms with van der Waals surface area (Å²) in [6, 6.07) is 6.11. The molecule has 0 aliphatic carbocycles. The van der Waals surface area contributed by atoms with Gasteiger partial charge in [0.2, 0.25) is 0 Å². The Bertz CT molecular complexity index is 1500. The SMILES string of the molecule is O=c1c(Nc2nc3cc(F)ccc3s2)c(Nc2c[nH]c3cc(F)c(F)cc23)c1=O. The predicted molar refractivity (Wildman–Crippen MR) is 106 cm³/mol. The van der Waals surface area contributed by atoms with Crippen LogP contribution in [0.2, 0.25) is 0 Å². The van der Waals surface area contributed by atoms with Crippen molar-refractivity contribution in [1.82, 2.24) is 9.97 Å². The Labute approximate surface area is 163 Å². The summed E-state index contributed by atoms with van der Waals surface area (Å²) in [6.07, 6.45) is 1.44. The molecule has 0 fully saturated rings. The molecular formula is C19H9F3N4O2S. The van der Waals surface area contributed by atoms with E-state index in [4.69, 9.17) is 0 Å². The van der Waals surface area contributed by atoms with E-state index >= 15 is 0 Å². The van der Waals surface area contributed by atoms with Crippen molar-refractivity contribution in [1.29, 1.82) is 0 Å². The van der Waals surface area contributed by atoms with Crippen molar-refractivity contribution in [3.05, 3.63) is 74.4 Å². The molecule has 0 spiro atoms. The number of fused-ring (bicyclic) bond motifs is 2. The van der Waals surface area contributed by atoms with E-state index in [0.717, 1.165) is 12.1 Å². The van der Waals surface area contributed by atoms with Gasteiger partial charge in [0.1, 0.15) is 17.2 Å². The van der Waals surface area contributed by atoms with Crippen LogP contribution < -0.4 is 21.5 Å². The summed E-state index contributed by atoms with van der Waals surface area (Å²) in [7, 11) is 0. The summed E-state index contributed by atoms with van der Waals surface area (Å²) >= 11 is 1.19. The average molecular weight is 414 g/mol. The topological polar surface area (TPSA) is 86.9 Å². The third kappa shape index (κ3) is 2.76. The highest BCUT2D eigenvalue weighted by Gasteiger charge is 2.23. The minimum atomic E-state index is -1.04. The second-order valence-electron chi connectivity index (χ2n) is 6.30. The van der Waals surface area contributed by atoms with Gasteiger partial charge in [-0.3, -0.25) is 9.59 Å². The molecule has 6 nitrogen and oxygen atoms in total. The van der Waals surface area contributed by atoms with Crippen LogP contribution in [0, 0.1) is 17.5 Å². The molecule has 0 saturated heterocycles. The molecule has 0 aliphatic rings. The van der Waals surface area contributed by atoms with Crippen molar-refractivity contribution < 1.29 is 13.2 Å². The van der Waals surface area contributed by atoms with Crippen LogP contribution in [0.4, 0.5) is 35.4 Å². The van der Waals surface area contributed by atoms with Crippen LogP contribution in [0.5, 0.6) is 0 Å². The van der Waals surface area contributed by atoms with Crippen LogP contribution in [0.1, 0.15) is 0 Å². The molecule has 3 aromatic carbocycles. The number of hydrogen-bond acceptors (Lipinski definition) is 6. The molecule has 0 saturated carbocycles. The second-order valence-corrected chi connectivity index (χ2v) is 7.33. The van der Waals surface area contributed by atoms with E-state index in [-0.39, 0.29) is 11.4 Å². The number of nitrogens with one attached hydrogen (secondary N) is 3. The Hall–Kier alpha value is -3.66. The van der Waals surface area contributed by atoms with Gasteiger partial charge in [0.05, 0.1) is 21.4 Å². The zero-order valence-electron chi connectivity index (χ0n) is 14.3. The number of aromatic nitrogens is 2. The summed E-state index contributed by atoms with van der Waals surface area (Å²) in [4.78, 5) is 31.0. The molecule has 5 aromatic rings. The first-order valence-electron chi connectivity index (χ1n) is 8.30. The number of hydrogen-bond donors (Lipinski definition) is 3. The van der Waals surface area contributed by atoms with Gasteiger partial charge in [0.25, 0.3) is 10.9 Å². The number of benzene rings is 2. The molecule has 29 heavy (non-hydrogen) atoms. The molecule has 144 valence electrons. The number of rotatable bonds is 4. The fourth-order valence-corrected chi connectivity index (χ4v) is 3.90. The second kappa shape index (κ2) is 6.17. The maximum absolute atomic E-state index is 13.6. The quantitative estimate of drug-likeness (QED) is 0.382. The molecule has 0 atom stereocenters. The van der Waals surface area contributed by atoms with E-state index in [2.05, 4.69) is 20.6 Å². The minimum Gasteiger partial charge on any atom is -0.359 e. The molecule has 0 bridgehead atoms. The Morgan fingerprint density at radius 1 is 0.931 bits per heavy atom. The molecule has 10 heteroatoms. The largest absolute Gasteiger partial charge is 0.359 e. The van der Waals surface area contributed by atoms with Crippen LogP contribution >= 0.6 is 11.3 Å². The third-order valence-corrected chi connectivity index (χ3v) is 5.43. The molecule has 2 aromatic heterocycles. The number of aromatic amines is 1. The predicted octanol–water partition coefficient (Wildman–Crippen LogP) is 4.28. The fraction of sp³-hybridized carbons (Fsp3) is 0. The maximum Gasteiger partial charge on any atom is 0.253 e. The van der Waals surface area contributed by atoms with E-state index in [1.54, 1.807) is 6.07 Å². The first-order chi connectivity index (χ1) is 13.9. The van der Waals surface area contributed by atoms with Crippen molar-refractivity contribution >= 4 is 54.7 Å². The maximum atomic E-state index is 13.6. The molecule has 0 amide bonds. The lowest BCUT2D eigenvalue weighted by atomic mass is 10.1. The van der Waals surface area contributed by atoms with Gasteiger partial charge in [-0.25, -0.2) is 18.2 Å². The summed E-state index contributed by atoms with van der Waals surface area (Å²) in [6.45, 7) is 0. The highest BCUT2D eigenvalue weighted by molar-refractivity contribution is 7.22. The smallest absolute Gasteiger partial charge is 0.253 e. The number of anilines is 4. The van der Waals surface area contributed by atoms with Gasteiger partial charge in [-0.05, 0) is 18.2 Å². The van der Waals surface area contributed by atoms with Gasteiger partial charge in [0.15, 0.2) is 16.8 Å². The Balaban J connectivity index is 1.50. The van der Waals surface area contributed by atoms with E-state index in [0.29, 0.717) is 31.9 Å². The lowest BCUT2D eigenvalue weighted by Crippen LogP contribution is -2.35. The Kier molecular flexibility index (Phi) is 3.71. The monoisotopic (exact) mass is 414 g/mol. The Morgan fingerprint density at radius 2 is 1.66 bits per heavy atom. The van der Waals surface area contributed by atoms with Crippen molar-refractivity contribution in [3.8, 4) is 0 Å². The lowest BCUT2D eigenvalue weighted by Gasteiger charge is -2.13. The van der Waals surface area contributed by atoms with Crippen LogP contribution in [0.15, 0.2) is 46.1 Å². The summed E-state index contributed by atoms with van der Waals surface area (Å²) < 4.78 is 41.0. The zero-order valence-corrected chi connectivity index (χ0v) is 15.1. The number of H-pyrrole nitrogens is 1. The molecule has 5 rings (SSSR count). The van der Waals surface area contributed by atoms with Gasteiger partial charge in [-0.2, -0.15) is 0 Å². The van der Waals surface area contributed by atoms with Gasteiger partial charge >= 0.3 is 0 Å². The first kappa shape index (κ1) is 17.4. The summed E-state index contributed by atoms with van der Waals surface area (Å²) in [5.41, 5.74) is -0.475. The summed E-state index contributed by atoms with van der Waals surface area (Å²) in [5, 5.41) is 6.20. The van der Waals surface area contributed by atoms with Crippen molar-refractivity contribution in [2.45, 2.75) is 0 Å². The fourth-order valence-electron chi connectivity index (χ4n) is 3.05. The molecule has 0 unspecified atom stereocenters. The Morgan fingerprint density at radius 3 is 2.45 bits per heavy atom. The zero-order chi connectivity index (χ0) is 20.3. The summed E-state index contributed by atoms with van der Waals surface area (Å²) in [5.74, 6) is -2.48. The van der Waals surface area contributed by atoms with Crippen LogP contribution in [0.25, 0.3) is 21.1 Å². The van der Waals surface area contributed by atoms with Crippen molar-refractivity contribution in [2.75, 3.05) is 10.6 Å². The first-order valence-corrected chi connectivity index (χ1v) is 9.12. The molecule has 0 radical (unpaired) electrons. The van der Waals surface area contributed by atoms with Gasteiger partial charge < -0.3 is 15.6 Å². The lowest BCUT2D eigenvalue weighted by molar-refractivity contribution is 0.511. The molecule has 2 heterocycles. The van der Waals surface area contributed by atoms with Gasteiger partial charge in [0, 0.05) is 23.7 Å². The van der Waals surface area contributed by atoms with Crippen LogP contribution in [-0.4, -0.2) is 9.97 Å². The highest BCUT2D eigenvalue weighted by atomic mass is 32.1. The highest BCUT2D eigenvalue weighted by Crippen LogP contribution is 2.33. The molecule has 3 N–H and O–H groups in total. The minimum absolute atomic E-state index is 0.00791.